The molecule has 1 fully saturated rings. The first kappa shape index (κ1) is 25.7. The number of aromatic carboxylic acids is 1. The average Bonchev–Trinajstić information content (AvgIpc) is 2.96. The third-order valence-corrected chi connectivity index (χ3v) is 6.91. The van der Waals surface area contributed by atoms with Crippen molar-refractivity contribution in [2.75, 3.05) is 36.4 Å². The highest BCUT2D eigenvalue weighted by Gasteiger charge is 2.26. The van der Waals surface area contributed by atoms with Crippen molar-refractivity contribution in [3.8, 4) is 6.07 Å². The van der Waals surface area contributed by atoms with E-state index in [2.05, 4.69) is 16.4 Å². The summed E-state index contributed by atoms with van der Waals surface area (Å²) in [6.07, 6.45) is 0. The molecule has 9 heteroatoms. The van der Waals surface area contributed by atoms with Gasteiger partial charge in [-0.3, -0.25) is 4.79 Å². The van der Waals surface area contributed by atoms with Gasteiger partial charge in [-0.05, 0) is 49.7 Å². The summed E-state index contributed by atoms with van der Waals surface area (Å²) in [5, 5.41) is 22.8. The van der Waals surface area contributed by atoms with Gasteiger partial charge in [0, 0.05) is 43.0 Å². The summed E-state index contributed by atoms with van der Waals surface area (Å²) in [5.41, 5.74) is 4.63. The quantitative estimate of drug-likeness (QED) is 0.377. The van der Waals surface area contributed by atoms with Crippen molar-refractivity contribution in [2.24, 2.45) is 0 Å². The van der Waals surface area contributed by atoms with Crippen molar-refractivity contribution >= 4 is 34.4 Å². The van der Waals surface area contributed by atoms with Crippen LogP contribution in [0.1, 0.15) is 50.5 Å². The Hall–Kier alpha value is -4.97. The summed E-state index contributed by atoms with van der Waals surface area (Å²) >= 11 is 0. The molecule has 0 bridgehead atoms. The molecule has 5 rings (SSSR count). The van der Waals surface area contributed by atoms with Gasteiger partial charge in [0.2, 0.25) is 0 Å². The van der Waals surface area contributed by atoms with Crippen LogP contribution in [-0.2, 0) is 0 Å². The number of hydrogen-bond acceptors (Lipinski definition) is 7. The molecule has 1 atom stereocenters. The van der Waals surface area contributed by atoms with E-state index in [1.165, 1.54) is 0 Å². The van der Waals surface area contributed by atoms with Crippen molar-refractivity contribution in [1.29, 1.82) is 5.26 Å². The lowest BCUT2D eigenvalue weighted by Gasteiger charge is -2.35. The van der Waals surface area contributed by atoms with Crippen LogP contribution in [0.15, 0.2) is 66.7 Å². The number of aryl methyl sites for hydroxylation is 1. The Morgan fingerprint density at radius 3 is 2.38 bits per heavy atom. The number of piperazine rings is 1. The first-order valence-corrected chi connectivity index (χ1v) is 12.8. The van der Waals surface area contributed by atoms with Crippen LogP contribution in [0.5, 0.6) is 0 Å². The Kier molecular flexibility index (Phi) is 7.10. The van der Waals surface area contributed by atoms with Gasteiger partial charge in [0.1, 0.15) is 6.07 Å². The second-order valence-corrected chi connectivity index (χ2v) is 9.59. The molecule has 4 aromatic rings. The number of benzene rings is 3. The van der Waals surface area contributed by atoms with Crippen LogP contribution in [-0.4, -0.2) is 58.0 Å². The smallest absolute Gasteiger partial charge is 0.337 e. The summed E-state index contributed by atoms with van der Waals surface area (Å²) < 4.78 is 0. The fourth-order valence-corrected chi connectivity index (χ4v) is 4.94. The topological polar surface area (TPSA) is 122 Å². The highest BCUT2D eigenvalue weighted by Crippen LogP contribution is 2.31. The fourth-order valence-electron chi connectivity index (χ4n) is 4.94. The van der Waals surface area contributed by atoms with Gasteiger partial charge >= 0.3 is 5.97 Å². The van der Waals surface area contributed by atoms with Crippen LogP contribution in [0.3, 0.4) is 0 Å². The molecule has 1 amide bonds. The van der Waals surface area contributed by atoms with Gasteiger partial charge in [-0.1, -0.05) is 36.4 Å². The second kappa shape index (κ2) is 10.8. The number of carbonyl (C=O) groups excluding carboxylic acids is 1. The van der Waals surface area contributed by atoms with Gasteiger partial charge < -0.3 is 20.2 Å². The van der Waals surface area contributed by atoms with Gasteiger partial charge in [-0.25, -0.2) is 14.8 Å². The summed E-state index contributed by atoms with van der Waals surface area (Å²) in [4.78, 5) is 38.0. The van der Waals surface area contributed by atoms with Gasteiger partial charge in [-0.2, -0.15) is 5.26 Å². The van der Waals surface area contributed by atoms with E-state index in [4.69, 9.17) is 4.98 Å². The predicted octanol–water partition coefficient (Wildman–Crippen LogP) is 4.64. The van der Waals surface area contributed by atoms with Crippen LogP contribution in [0, 0.1) is 18.3 Å². The Bertz CT molecular complexity index is 1590. The second-order valence-electron chi connectivity index (χ2n) is 9.59. The SMILES string of the molecule is Cc1cc([C@@H](C)Nc2ccccc2C(=O)O)c2nc(N3CCN(C(=O)c4ccccc4)CC3)c(C#N)nc2c1. The third kappa shape index (κ3) is 5.22. The van der Waals surface area contributed by atoms with E-state index < -0.39 is 5.97 Å². The zero-order chi connectivity index (χ0) is 27.5. The van der Waals surface area contributed by atoms with Gasteiger partial charge in [0.05, 0.1) is 22.6 Å². The number of hydrogen-bond donors (Lipinski definition) is 2. The largest absolute Gasteiger partial charge is 0.478 e. The number of fused-ring (bicyclic) bond motifs is 1. The van der Waals surface area contributed by atoms with Crippen LogP contribution >= 0.6 is 0 Å². The van der Waals surface area contributed by atoms with Gasteiger partial charge in [0.25, 0.3) is 5.91 Å². The molecule has 2 N–H and O–H groups in total. The lowest BCUT2D eigenvalue weighted by atomic mass is 10.0. The zero-order valence-corrected chi connectivity index (χ0v) is 21.8. The molecule has 1 saturated heterocycles. The standard InChI is InChI=1S/C30H28N6O3/c1-19-16-23(20(2)32-24-11-7-6-10-22(24)30(38)39)27-25(17-19)33-26(18-31)28(34-27)35-12-14-36(15-13-35)29(37)21-8-4-3-5-9-21/h3-11,16-17,20,32H,12-15H2,1-2H3,(H,38,39)/t20-/m1/s1. The highest BCUT2D eigenvalue weighted by molar-refractivity contribution is 5.95. The summed E-state index contributed by atoms with van der Waals surface area (Å²) in [6.45, 7) is 5.95. The predicted molar refractivity (Wildman–Crippen MR) is 149 cm³/mol. The molecule has 39 heavy (non-hydrogen) atoms. The normalized spacial score (nSPS) is 14.1. The van der Waals surface area contributed by atoms with E-state index in [0.29, 0.717) is 54.3 Å². The first-order chi connectivity index (χ1) is 18.9. The number of carbonyl (C=O) groups is 2. The molecular weight excluding hydrogens is 492 g/mol. The maximum atomic E-state index is 12.9. The average molecular weight is 521 g/mol. The molecule has 0 saturated carbocycles. The number of carboxylic acid groups (broad SMARTS) is 1. The Balaban J connectivity index is 1.45. The van der Waals surface area contributed by atoms with Crippen molar-refractivity contribution in [2.45, 2.75) is 19.9 Å². The van der Waals surface area contributed by atoms with Gasteiger partial charge in [0.15, 0.2) is 11.5 Å². The molecular formula is C30H28N6O3. The summed E-state index contributed by atoms with van der Waals surface area (Å²) in [7, 11) is 0. The lowest BCUT2D eigenvalue weighted by molar-refractivity contribution is 0.0696. The van der Waals surface area contributed by atoms with Crippen molar-refractivity contribution in [1.82, 2.24) is 14.9 Å². The van der Waals surface area contributed by atoms with E-state index in [0.717, 1.165) is 11.1 Å². The summed E-state index contributed by atoms with van der Waals surface area (Å²) in [5.74, 6) is -0.537. The Labute approximate surface area is 226 Å². The number of carboxylic acids is 1. The minimum absolute atomic E-state index is 0.0142. The molecule has 0 aliphatic carbocycles. The van der Waals surface area contributed by atoms with Crippen molar-refractivity contribution in [3.05, 3.63) is 94.7 Å². The third-order valence-electron chi connectivity index (χ3n) is 6.91. The first-order valence-electron chi connectivity index (χ1n) is 12.8. The molecule has 1 aromatic heterocycles. The number of anilines is 2. The molecule has 1 aliphatic rings. The summed E-state index contributed by atoms with van der Waals surface area (Å²) in [6, 6.07) is 21.8. The van der Waals surface area contributed by atoms with Crippen LogP contribution < -0.4 is 10.2 Å². The fraction of sp³-hybridized carbons (Fsp3) is 0.233. The lowest BCUT2D eigenvalue weighted by Crippen LogP contribution is -2.49. The Morgan fingerprint density at radius 2 is 1.69 bits per heavy atom. The van der Waals surface area contributed by atoms with E-state index in [1.54, 1.807) is 24.3 Å². The minimum atomic E-state index is -1.01. The van der Waals surface area contributed by atoms with Crippen molar-refractivity contribution < 1.29 is 14.7 Å². The maximum absolute atomic E-state index is 12.9. The van der Waals surface area contributed by atoms with E-state index in [9.17, 15) is 20.0 Å². The van der Waals surface area contributed by atoms with Gasteiger partial charge in [-0.15, -0.1) is 0 Å². The minimum Gasteiger partial charge on any atom is -0.478 e. The van der Waals surface area contributed by atoms with E-state index in [-0.39, 0.29) is 23.2 Å². The number of aromatic nitrogens is 2. The number of amides is 1. The number of nitrogens with zero attached hydrogens (tertiary/aromatic N) is 5. The van der Waals surface area contributed by atoms with Crippen molar-refractivity contribution in [3.63, 3.8) is 0 Å². The molecule has 0 unspecified atom stereocenters. The van der Waals surface area contributed by atoms with E-state index in [1.807, 2.05) is 66.1 Å². The molecule has 1 aliphatic heterocycles. The number of para-hydroxylation sites is 1. The molecule has 0 spiro atoms. The maximum Gasteiger partial charge on any atom is 0.337 e. The molecule has 196 valence electrons. The van der Waals surface area contributed by atoms with Crippen LogP contribution in [0.4, 0.5) is 11.5 Å². The zero-order valence-electron chi connectivity index (χ0n) is 21.8. The van der Waals surface area contributed by atoms with Crippen LogP contribution in [0.25, 0.3) is 11.0 Å². The monoisotopic (exact) mass is 520 g/mol. The molecule has 0 radical (unpaired) electrons. The van der Waals surface area contributed by atoms with E-state index >= 15 is 0 Å². The molecule has 2 heterocycles. The number of rotatable bonds is 6. The van der Waals surface area contributed by atoms with Crippen LogP contribution in [0.2, 0.25) is 0 Å². The Morgan fingerprint density at radius 1 is 1.00 bits per heavy atom. The molecule has 9 nitrogen and oxygen atoms in total. The molecule has 3 aromatic carbocycles. The highest BCUT2D eigenvalue weighted by atomic mass is 16.4. The number of nitrogens with one attached hydrogen (secondary N) is 1. The number of nitriles is 1.